The van der Waals surface area contributed by atoms with Crippen molar-refractivity contribution in [1.82, 2.24) is 24.6 Å². The van der Waals surface area contributed by atoms with Gasteiger partial charge in [-0.15, -0.1) is 0 Å². The van der Waals surface area contributed by atoms with Gasteiger partial charge in [0.15, 0.2) is 0 Å². The lowest BCUT2D eigenvalue weighted by Gasteiger charge is -2.31. The number of ether oxygens (including phenoxy) is 1. The number of benzene rings is 2. The van der Waals surface area contributed by atoms with Gasteiger partial charge in [0.25, 0.3) is 0 Å². The normalized spacial score (nSPS) is 15.0. The average molecular weight is 456 g/mol. The van der Waals surface area contributed by atoms with E-state index in [1.165, 1.54) is 0 Å². The zero-order valence-corrected chi connectivity index (χ0v) is 19.9. The van der Waals surface area contributed by atoms with Crippen molar-refractivity contribution in [3.63, 3.8) is 0 Å². The van der Waals surface area contributed by atoms with Crippen LogP contribution in [0, 0.1) is 6.92 Å². The fraction of sp³-hybridized carbons (Fsp3) is 0.259. The zero-order chi connectivity index (χ0) is 23.8. The van der Waals surface area contributed by atoms with Gasteiger partial charge in [-0.2, -0.15) is 5.10 Å². The van der Waals surface area contributed by atoms with Gasteiger partial charge in [0.05, 0.1) is 36.8 Å². The van der Waals surface area contributed by atoms with E-state index in [0.717, 1.165) is 39.8 Å². The summed E-state index contributed by atoms with van der Waals surface area (Å²) in [6.07, 6.45) is 2.05. The molecule has 7 nitrogen and oxygen atoms in total. The summed E-state index contributed by atoms with van der Waals surface area (Å²) in [6, 6.07) is 21.8. The van der Waals surface area contributed by atoms with Crippen molar-refractivity contribution in [3.8, 4) is 17.3 Å². The summed E-state index contributed by atoms with van der Waals surface area (Å²) in [5, 5.41) is 7.98. The molecule has 0 saturated carbocycles. The molecule has 1 aliphatic heterocycles. The van der Waals surface area contributed by atoms with Crippen LogP contribution in [0.15, 0.2) is 72.9 Å². The van der Waals surface area contributed by atoms with Crippen LogP contribution in [0.4, 0.5) is 4.79 Å². The van der Waals surface area contributed by atoms with Crippen molar-refractivity contribution < 1.29 is 9.53 Å². The van der Waals surface area contributed by atoms with E-state index in [1.54, 1.807) is 7.11 Å². The van der Waals surface area contributed by atoms with E-state index in [2.05, 4.69) is 22.1 Å². The van der Waals surface area contributed by atoms with Crippen LogP contribution in [0.2, 0.25) is 0 Å². The summed E-state index contributed by atoms with van der Waals surface area (Å²) in [7, 11) is 1.66. The summed E-state index contributed by atoms with van der Waals surface area (Å²) in [6.45, 7) is 6.40. The van der Waals surface area contributed by atoms with Gasteiger partial charge in [-0.3, -0.25) is 0 Å². The average Bonchev–Trinajstić information content (AvgIpc) is 3.40. The van der Waals surface area contributed by atoms with Crippen molar-refractivity contribution in [2.75, 3.05) is 7.11 Å². The Balaban J connectivity index is 1.73. The SMILES string of the molecule is COc1ccc([C@@H]2c3cccn3-c3c(c(C)nn3-c3ccccc3)CN2C(=O)NC(C)C)cc1. The monoisotopic (exact) mass is 455 g/mol. The molecule has 7 heteroatoms. The highest BCUT2D eigenvalue weighted by atomic mass is 16.5. The molecule has 1 N–H and O–H groups in total. The van der Waals surface area contributed by atoms with Gasteiger partial charge in [-0.05, 0) is 62.7 Å². The van der Waals surface area contributed by atoms with Gasteiger partial charge in [-0.25, -0.2) is 9.48 Å². The summed E-state index contributed by atoms with van der Waals surface area (Å²) >= 11 is 0. The molecular weight excluding hydrogens is 426 g/mol. The Morgan fingerprint density at radius 1 is 1.06 bits per heavy atom. The van der Waals surface area contributed by atoms with Crippen LogP contribution in [0.25, 0.3) is 11.5 Å². The minimum atomic E-state index is -0.282. The van der Waals surface area contributed by atoms with E-state index in [4.69, 9.17) is 9.84 Å². The van der Waals surface area contributed by atoms with Crippen molar-refractivity contribution in [2.24, 2.45) is 0 Å². The maximum absolute atomic E-state index is 13.6. The van der Waals surface area contributed by atoms with Gasteiger partial charge in [0, 0.05) is 17.8 Å². The zero-order valence-electron chi connectivity index (χ0n) is 19.9. The number of methoxy groups -OCH3 is 1. The van der Waals surface area contributed by atoms with Crippen molar-refractivity contribution in [1.29, 1.82) is 0 Å². The van der Waals surface area contributed by atoms with Gasteiger partial charge in [0.1, 0.15) is 11.6 Å². The van der Waals surface area contributed by atoms with Gasteiger partial charge in [-0.1, -0.05) is 30.3 Å². The third kappa shape index (κ3) is 3.73. The second-order valence-electron chi connectivity index (χ2n) is 8.85. The lowest BCUT2D eigenvalue weighted by Crippen LogP contribution is -2.44. The first kappa shape index (κ1) is 21.8. The third-order valence-electron chi connectivity index (χ3n) is 6.19. The Kier molecular flexibility index (Phi) is 5.61. The van der Waals surface area contributed by atoms with Crippen molar-refractivity contribution in [2.45, 2.75) is 39.4 Å². The first-order valence-electron chi connectivity index (χ1n) is 11.5. The van der Waals surface area contributed by atoms with E-state index >= 15 is 0 Å². The Labute approximate surface area is 199 Å². The summed E-state index contributed by atoms with van der Waals surface area (Å²) in [5.74, 6) is 1.74. The number of aryl methyl sites for hydroxylation is 1. The lowest BCUT2D eigenvalue weighted by molar-refractivity contribution is 0.178. The second-order valence-corrected chi connectivity index (χ2v) is 8.85. The number of urea groups is 1. The highest BCUT2D eigenvalue weighted by molar-refractivity contribution is 5.76. The van der Waals surface area contributed by atoms with E-state index in [0.29, 0.717) is 6.54 Å². The molecule has 0 bridgehead atoms. The second kappa shape index (κ2) is 8.74. The van der Waals surface area contributed by atoms with E-state index < -0.39 is 0 Å². The van der Waals surface area contributed by atoms with Crippen LogP contribution in [-0.2, 0) is 6.54 Å². The van der Waals surface area contributed by atoms with Crippen LogP contribution in [0.5, 0.6) is 5.75 Å². The summed E-state index contributed by atoms with van der Waals surface area (Å²) in [5.41, 5.74) is 4.92. The number of carbonyl (C=O) groups is 1. The fourth-order valence-electron chi connectivity index (χ4n) is 4.62. The fourth-order valence-corrected chi connectivity index (χ4v) is 4.62. The molecule has 2 aromatic carbocycles. The van der Waals surface area contributed by atoms with Crippen LogP contribution in [0.3, 0.4) is 0 Å². The minimum absolute atomic E-state index is 0.0201. The molecule has 0 radical (unpaired) electrons. The first-order chi connectivity index (χ1) is 16.5. The highest BCUT2D eigenvalue weighted by Crippen LogP contribution is 2.38. The Morgan fingerprint density at radius 3 is 2.47 bits per heavy atom. The lowest BCUT2D eigenvalue weighted by atomic mass is 10.0. The largest absolute Gasteiger partial charge is 0.497 e. The topological polar surface area (TPSA) is 64.3 Å². The molecule has 0 aliphatic carbocycles. The van der Waals surface area contributed by atoms with Crippen LogP contribution in [0.1, 0.15) is 42.4 Å². The number of nitrogens with one attached hydrogen (secondary N) is 1. The van der Waals surface area contributed by atoms with E-state index in [-0.39, 0.29) is 18.1 Å². The van der Waals surface area contributed by atoms with Gasteiger partial charge in [0.2, 0.25) is 0 Å². The number of fused-ring (bicyclic) bond motifs is 3. The molecule has 34 heavy (non-hydrogen) atoms. The number of hydrogen-bond donors (Lipinski definition) is 1. The van der Waals surface area contributed by atoms with Crippen LogP contribution < -0.4 is 10.1 Å². The molecule has 4 aromatic rings. The molecule has 0 spiro atoms. The molecule has 1 atom stereocenters. The molecule has 174 valence electrons. The van der Waals surface area contributed by atoms with E-state index in [1.807, 2.05) is 91.0 Å². The summed E-state index contributed by atoms with van der Waals surface area (Å²) < 4.78 is 9.51. The van der Waals surface area contributed by atoms with Crippen molar-refractivity contribution >= 4 is 6.03 Å². The molecular formula is C27H29N5O2. The number of amides is 2. The smallest absolute Gasteiger partial charge is 0.318 e. The molecule has 1 aliphatic rings. The Hall–Kier alpha value is -4.00. The number of hydrogen-bond acceptors (Lipinski definition) is 3. The quantitative estimate of drug-likeness (QED) is 0.471. The highest BCUT2D eigenvalue weighted by Gasteiger charge is 2.36. The molecule has 0 fully saturated rings. The molecule has 2 aromatic heterocycles. The molecule has 0 unspecified atom stereocenters. The first-order valence-corrected chi connectivity index (χ1v) is 11.5. The number of carbonyl (C=O) groups excluding carboxylic acids is 1. The number of para-hydroxylation sites is 1. The van der Waals surface area contributed by atoms with Crippen molar-refractivity contribution in [3.05, 3.63) is 95.4 Å². The molecule has 5 rings (SSSR count). The number of aromatic nitrogens is 3. The maximum Gasteiger partial charge on any atom is 0.318 e. The van der Waals surface area contributed by atoms with Gasteiger partial charge >= 0.3 is 6.03 Å². The van der Waals surface area contributed by atoms with Crippen LogP contribution >= 0.6 is 0 Å². The summed E-state index contributed by atoms with van der Waals surface area (Å²) in [4.78, 5) is 15.5. The number of rotatable bonds is 4. The molecule has 0 saturated heterocycles. The molecule has 3 heterocycles. The number of nitrogens with zero attached hydrogens (tertiary/aromatic N) is 4. The Morgan fingerprint density at radius 2 is 1.79 bits per heavy atom. The van der Waals surface area contributed by atoms with Crippen LogP contribution in [-0.4, -0.2) is 38.4 Å². The molecule has 2 amide bonds. The van der Waals surface area contributed by atoms with E-state index in [9.17, 15) is 4.79 Å². The van der Waals surface area contributed by atoms with Gasteiger partial charge < -0.3 is 19.5 Å². The maximum atomic E-state index is 13.6. The third-order valence-corrected chi connectivity index (χ3v) is 6.19. The predicted octanol–water partition coefficient (Wildman–Crippen LogP) is 5.00. The Bertz CT molecular complexity index is 1300. The minimum Gasteiger partial charge on any atom is -0.497 e. The standard InChI is InChI=1S/C27H29N5O2/c1-18(2)28-27(33)31-17-23-19(3)29-32(21-9-6-5-7-10-21)26(23)30-16-8-11-24(30)25(31)20-12-14-22(34-4)15-13-20/h5-16,18,25H,17H2,1-4H3,(H,28,33)/t25-/m1/s1. The predicted molar refractivity (Wildman–Crippen MR) is 132 cm³/mol.